The molecule has 1 aromatic heterocycles. The van der Waals surface area contributed by atoms with Crippen LogP contribution in [0.15, 0.2) is 35.6 Å². The van der Waals surface area contributed by atoms with E-state index in [1.54, 1.807) is 36.9 Å². The molecule has 154 valence electrons. The molecule has 0 bridgehead atoms. The molecule has 28 heavy (non-hydrogen) atoms. The fourth-order valence-corrected chi connectivity index (χ4v) is 4.81. The van der Waals surface area contributed by atoms with E-state index in [9.17, 15) is 12.8 Å². The Morgan fingerprint density at radius 2 is 2.14 bits per heavy atom. The smallest absolute Gasteiger partial charge is 0.227 e. The number of imidazole rings is 1. The molecule has 1 fully saturated rings. The molecule has 0 radical (unpaired) electrons. The Morgan fingerprint density at radius 1 is 1.32 bits per heavy atom. The van der Waals surface area contributed by atoms with E-state index in [2.05, 4.69) is 9.88 Å². The van der Waals surface area contributed by atoms with Crippen molar-refractivity contribution in [3.05, 3.63) is 47.5 Å². The first-order valence-corrected chi connectivity index (χ1v) is 11.4. The van der Waals surface area contributed by atoms with Gasteiger partial charge in [0.2, 0.25) is 15.0 Å². The number of ether oxygens (including phenoxy) is 1. The minimum Gasteiger partial charge on any atom is -0.383 e. The molecule has 1 aliphatic rings. The van der Waals surface area contributed by atoms with E-state index >= 15 is 0 Å². The summed E-state index contributed by atoms with van der Waals surface area (Å²) in [6.07, 6.45) is 4.76. The summed E-state index contributed by atoms with van der Waals surface area (Å²) < 4.78 is 45.5. The summed E-state index contributed by atoms with van der Waals surface area (Å²) in [5.74, 6) is -0.226. The molecule has 0 unspecified atom stereocenters. The number of aromatic nitrogens is 2. The molecule has 1 aromatic carbocycles. The van der Waals surface area contributed by atoms with E-state index in [4.69, 9.17) is 4.74 Å². The highest BCUT2D eigenvalue weighted by atomic mass is 32.2. The van der Waals surface area contributed by atoms with Gasteiger partial charge in [-0.15, -0.1) is 0 Å². The standard InChI is InChI=1S/C20H28FN3O3S/c1-3-28(25,26)20-22-14-18(24(20)11-12-27-2)15-23-10-5-4-9-19(23)16-7-6-8-17(21)13-16/h6-8,13-14,19H,3-5,9-12,15H2,1-2H3/t19-/m0/s1. The van der Waals surface area contributed by atoms with Crippen molar-refractivity contribution in [2.75, 3.05) is 26.0 Å². The van der Waals surface area contributed by atoms with Gasteiger partial charge < -0.3 is 9.30 Å². The molecule has 8 heteroatoms. The van der Waals surface area contributed by atoms with E-state index in [1.807, 2.05) is 6.07 Å². The summed E-state index contributed by atoms with van der Waals surface area (Å²) in [5, 5.41) is 0.0985. The predicted molar refractivity (Wildman–Crippen MR) is 105 cm³/mol. The molecule has 2 aromatic rings. The lowest BCUT2D eigenvalue weighted by Crippen LogP contribution is -2.34. The third kappa shape index (κ3) is 4.61. The highest BCUT2D eigenvalue weighted by Crippen LogP contribution is 2.32. The number of nitrogens with zero attached hydrogens (tertiary/aromatic N) is 3. The minimum absolute atomic E-state index is 0.00602. The molecule has 3 rings (SSSR count). The van der Waals surface area contributed by atoms with Crippen molar-refractivity contribution >= 4 is 9.84 Å². The van der Waals surface area contributed by atoms with Gasteiger partial charge in [-0.2, -0.15) is 0 Å². The van der Waals surface area contributed by atoms with Crippen LogP contribution in [0.25, 0.3) is 0 Å². The molecule has 1 atom stereocenters. The first-order chi connectivity index (χ1) is 13.5. The zero-order valence-corrected chi connectivity index (χ0v) is 17.3. The highest BCUT2D eigenvalue weighted by molar-refractivity contribution is 7.91. The lowest BCUT2D eigenvalue weighted by molar-refractivity contribution is 0.134. The van der Waals surface area contributed by atoms with E-state index in [1.165, 1.54) is 6.07 Å². The maximum absolute atomic E-state index is 13.7. The first kappa shape index (κ1) is 21.0. The van der Waals surface area contributed by atoms with Crippen molar-refractivity contribution in [1.82, 2.24) is 14.5 Å². The monoisotopic (exact) mass is 409 g/mol. The van der Waals surface area contributed by atoms with Gasteiger partial charge in [0, 0.05) is 26.2 Å². The molecular formula is C20H28FN3O3S. The van der Waals surface area contributed by atoms with Crippen LogP contribution >= 0.6 is 0 Å². The number of hydrogen-bond donors (Lipinski definition) is 0. The van der Waals surface area contributed by atoms with Crippen LogP contribution in [0.2, 0.25) is 0 Å². The Morgan fingerprint density at radius 3 is 2.86 bits per heavy atom. The van der Waals surface area contributed by atoms with Gasteiger partial charge in [-0.3, -0.25) is 4.90 Å². The van der Waals surface area contributed by atoms with E-state index in [-0.39, 0.29) is 22.8 Å². The SMILES string of the molecule is CCS(=O)(=O)c1ncc(CN2CCCC[C@H]2c2cccc(F)c2)n1CCOC. The number of likely N-dealkylation sites (tertiary alicyclic amines) is 1. The number of methoxy groups -OCH3 is 1. The van der Waals surface area contributed by atoms with Crippen molar-refractivity contribution in [2.24, 2.45) is 0 Å². The van der Waals surface area contributed by atoms with Crippen LogP contribution < -0.4 is 0 Å². The Hall–Kier alpha value is -1.77. The third-order valence-electron chi connectivity index (χ3n) is 5.29. The van der Waals surface area contributed by atoms with Gasteiger partial charge in [-0.25, -0.2) is 17.8 Å². The molecule has 2 heterocycles. The summed E-state index contributed by atoms with van der Waals surface area (Å²) >= 11 is 0. The molecular weight excluding hydrogens is 381 g/mol. The third-order valence-corrected chi connectivity index (χ3v) is 6.93. The van der Waals surface area contributed by atoms with Gasteiger partial charge in [0.1, 0.15) is 5.82 Å². The molecule has 6 nitrogen and oxygen atoms in total. The van der Waals surface area contributed by atoms with Crippen LogP contribution in [-0.2, 0) is 27.7 Å². The number of piperidine rings is 1. The molecule has 0 saturated carbocycles. The van der Waals surface area contributed by atoms with Gasteiger partial charge in [0.25, 0.3) is 0 Å². The topological polar surface area (TPSA) is 64.4 Å². The lowest BCUT2D eigenvalue weighted by Gasteiger charge is -2.36. The van der Waals surface area contributed by atoms with Crippen LogP contribution in [0.1, 0.15) is 43.5 Å². The number of rotatable bonds is 8. The van der Waals surface area contributed by atoms with Gasteiger partial charge in [-0.05, 0) is 37.1 Å². The van der Waals surface area contributed by atoms with Crippen molar-refractivity contribution in [1.29, 1.82) is 0 Å². The fraction of sp³-hybridized carbons (Fsp3) is 0.550. The summed E-state index contributed by atoms with van der Waals surface area (Å²) in [4.78, 5) is 6.51. The van der Waals surface area contributed by atoms with Crippen molar-refractivity contribution in [3.8, 4) is 0 Å². The zero-order chi connectivity index (χ0) is 20.1. The fourth-order valence-electron chi connectivity index (χ4n) is 3.80. The van der Waals surface area contributed by atoms with Gasteiger partial charge in [0.15, 0.2) is 0 Å². The highest BCUT2D eigenvalue weighted by Gasteiger charge is 2.27. The Kier molecular flexibility index (Phi) is 6.85. The van der Waals surface area contributed by atoms with E-state index in [0.717, 1.165) is 37.1 Å². The summed E-state index contributed by atoms with van der Waals surface area (Å²) in [6.45, 7) is 3.90. The maximum Gasteiger partial charge on any atom is 0.227 e. The summed E-state index contributed by atoms with van der Waals surface area (Å²) in [5.41, 5.74) is 1.80. The Bertz CT molecular complexity index is 898. The second kappa shape index (κ2) is 9.15. The Balaban J connectivity index is 1.90. The average Bonchev–Trinajstić information content (AvgIpc) is 3.10. The predicted octanol–water partition coefficient (Wildman–Crippen LogP) is 3.19. The lowest BCUT2D eigenvalue weighted by atomic mass is 9.95. The quantitative estimate of drug-likeness (QED) is 0.670. The van der Waals surface area contributed by atoms with Gasteiger partial charge >= 0.3 is 0 Å². The second-order valence-corrected chi connectivity index (χ2v) is 9.29. The molecule has 0 aliphatic carbocycles. The van der Waals surface area contributed by atoms with Crippen LogP contribution in [0.5, 0.6) is 0 Å². The van der Waals surface area contributed by atoms with Crippen molar-refractivity contribution in [3.63, 3.8) is 0 Å². The minimum atomic E-state index is -3.42. The van der Waals surface area contributed by atoms with Crippen LogP contribution in [0.4, 0.5) is 4.39 Å². The van der Waals surface area contributed by atoms with Crippen molar-refractivity contribution in [2.45, 2.75) is 50.5 Å². The average molecular weight is 410 g/mol. The van der Waals surface area contributed by atoms with Crippen LogP contribution in [0.3, 0.4) is 0 Å². The molecule has 1 aliphatic heterocycles. The molecule has 1 saturated heterocycles. The zero-order valence-electron chi connectivity index (χ0n) is 16.5. The van der Waals surface area contributed by atoms with Crippen LogP contribution in [0, 0.1) is 5.82 Å². The molecule has 0 N–H and O–H groups in total. The Labute approximate surface area is 166 Å². The summed E-state index contributed by atoms with van der Waals surface area (Å²) in [7, 11) is -1.83. The largest absolute Gasteiger partial charge is 0.383 e. The maximum atomic E-state index is 13.7. The van der Waals surface area contributed by atoms with E-state index < -0.39 is 9.84 Å². The number of halogens is 1. The van der Waals surface area contributed by atoms with Crippen molar-refractivity contribution < 1.29 is 17.5 Å². The number of hydrogen-bond acceptors (Lipinski definition) is 5. The van der Waals surface area contributed by atoms with Crippen LogP contribution in [-0.4, -0.2) is 48.9 Å². The number of sulfone groups is 1. The molecule has 0 spiro atoms. The van der Waals surface area contributed by atoms with Gasteiger partial charge in [-0.1, -0.05) is 25.5 Å². The molecule has 0 amide bonds. The number of benzene rings is 1. The first-order valence-electron chi connectivity index (χ1n) is 9.72. The second-order valence-electron chi connectivity index (χ2n) is 7.12. The normalized spacial score (nSPS) is 18.5. The summed E-state index contributed by atoms with van der Waals surface area (Å²) in [6, 6.07) is 6.87. The van der Waals surface area contributed by atoms with Gasteiger partial charge in [0.05, 0.1) is 24.3 Å². The van der Waals surface area contributed by atoms with E-state index in [0.29, 0.717) is 19.7 Å².